The van der Waals surface area contributed by atoms with Crippen molar-refractivity contribution in [1.82, 2.24) is 34.5 Å². The number of carbonyl (C=O) groups excluding carboxylic acids is 1. The number of hydrogen-bond donors (Lipinski definition) is 0. The zero-order valence-electron chi connectivity index (χ0n) is 13.4. The lowest BCUT2D eigenvalue weighted by Gasteiger charge is -2.05. The van der Waals surface area contributed by atoms with Crippen LogP contribution in [0.5, 0.6) is 0 Å². The van der Waals surface area contributed by atoms with Crippen molar-refractivity contribution in [3.63, 3.8) is 0 Å². The van der Waals surface area contributed by atoms with E-state index in [4.69, 9.17) is 27.9 Å². The van der Waals surface area contributed by atoms with Crippen LogP contribution in [0, 0.1) is 0 Å². The first-order valence-corrected chi connectivity index (χ1v) is 8.37. The molecule has 0 aliphatic heterocycles. The molecule has 0 amide bonds. The van der Waals surface area contributed by atoms with Gasteiger partial charge in [-0.1, -0.05) is 16.8 Å². The number of benzene rings is 1. The van der Waals surface area contributed by atoms with E-state index in [0.717, 1.165) is 0 Å². The molecule has 0 aliphatic carbocycles. The minimum Gasteiger partial charge on any atom is -0.465 e. The van der Waals surface area contributed by atoms with Gasteiger partial charge in [-0.05, 0) is 36.7 Å². The van der Waals surface area contributed by atoms with Crippen LogP contribution in [0.15, 0.2) is 24.5 Å². The third-order valence-corrected chi connectivity index (χ3v) is 4.04. The summed E-state index contributed by atoms with van der Waals surface area (Å²) in [6.45, 7) is 1.99. The van der Waals surface area contributed by atoms with Gasteiger partial charge in [0.15, 0.2) is 17.0 Å². The van der Waals surface area contributed by atoms with E-state index in [0.29, 0.717) is 39.6 Å². The Morgan fingerprint density at radius 3 is 2.92 bits per heavy atom. The van der Waals surface area contributed by atoms with Crippen LogP contribution in [-0.2, 0) is 16.1 Å². The van der Waals surface area contributed by atoms with Crippen LogP contribution in [-0.4, -0.2) is 47.1 Å². The number of ether oxygens (including phenoxy) is 1. The topological polar surface area (TPSA) is 101 Å². The standard InChI is InChI=1S/C15H11Cl2N7O2/c1-2-26-11(25)6-23-7-18-12-13(23)19-15(17)20-14(12)24-10-4-3-8(16)5-9(10)21-22-24/h3-5,7H,2,6H2,1H3. The first-order chi connectivity index (χ1) is 12.6. The van der Waals surface area contributed by atoms with Gasteiger partial charge in [-0.15, -0.1) is 5.10 Å². The van der Waals surface area contributed by atoms with Crippen molar-refractivity contribution >= 4 is 51.4 Å². The van der Waals surface area contributed by atoms with Gasteiger partial charge in [0.2, 0.25) is 5.28 Å². The first-order valence-electron chi connectivity index (χ1n) is 7.62. The van der Waals surface area contributed by atoms with Gasteiger partial charge in [0, 0.05) is 5.02 Å². The zero-order valence-corrected chi connectivity index (χ0v) is 14.9. The molecule has 0 saturated heterocycles. The van der Waals surface area contributed by atoms with Crippen LogP contribution < -0.4 is 0 Å². The van der Waals surface area contributed by atoms with E-state index >= 15 is 0 Å². The van der Waals surface area contributed by atoms with E-state index in [2.05, 4.69) is 25.3 Å². The summed E-state index contributed by atoms with van der Waals surface area (Å²) in [5.74, 6) is -0.0450. The highest BCUT2D eigenvalue weighted by atomic mass is 35.5. The highest BCUT2D eigenvalue weighted by molar-refractivity contribution is 6.31. The van der Waals surface area contributed by atoms with Crippen molar-refractivity contribution in [3.8, 4) is 5.82 Å². The van der Waals surface area contributed by atoms with Crippen LogP contribution >= 0.6 is 23.2 Å². The number of hydrogen-bond acceptors (Lipinski definition) is 7. The van der Waals surface area contributed by atoms with Crippen molar-refractivity contribution in [3.05, 3.63) is 34.8 Å². The molecule has 0 saturated carbocycles. The van der Waals surface area contributed by atoms with Crippen molar-refractivity contribution < 1.29 is 9.53 Å². The normalized spacial score (nSPS) is 11.3. The molecule has 0 atom stereocenters. The maximum Gasteiger partial charge on any atom is 0.326 e. The van der Waals surface area contributed by atoms with Gasteiger partial charge in [-0.3, -0.25) is 4.79 Å². The molecule has 4 aromatic rings. The maximum absolute atomic E-state index is 11.8. The number of aromatic nitrogens is 7. The van der Waals surface area contributed by atoms with Gasteiger partial charge in [-0.25, -0.2) is 4.98 Å². The lowest BCUT2D eigenvalue weighted by molar-refractivity contribution is -0.143. The maximum atomic E-state index is 11.8. The summed E-state index contributed by atoms with van der Waals surface area (Å²) in [5, 5.41) is 8.75. The molecule has 11 heteroatoms. The van der Waals surface area contributed by atoms with Crippen molar-refractivity contribution in [2.45, 2.75) is 13.5 Å². The van der Waals surface area contributed by atoms with E-state index in [1.807, 2.05) is 0 Å². The predicted octanol–water partition coefficient (Wildman–Crippen LogP) is 2.43. The number of esters is 1. The lowest BCUT2D eigenvalue weighted by atomic mass is 10.3. The second-order valence-electron chi connectivity index (χ2n) is 5.30. The monoisotopic (exact) mass is 391 g/mol. The Morgan fingerprint density at radius 1 is 1.27 bits per heavy atom. The number of rotatable bonds is 4. The molecule has 0 bridgehead atoms. The average molecular weight is 392 g/mol. The van der Waals surface area contributed by atoms with Crippen LogP contribution in [0.3, 0.4) is 0 Å². The summed E-state index contributed by atoms with van der Waals surface area (Å²) in [4.78, 5) is 24.5. The van der Waals surface area contributed by atoms with Gasteiger partial charge >= 0.3 is 5.97 Å². The Hall–Kier alpha value is -2.78. The Balaban J connectivity index is 1.87. The summed E-state index contributed by atoms with van der Waals surface area (Å²) in [5.41, 5.74) is 2.11. The number of nitrogens with zero attached hydrogens (tertiary/aromatic N) is 7. The summed E-state index contributed by atoms with van der Waals surface area (Å²) in [6.07, 6.45) is 1.48. The van der Waals surface area contributed by atoms with Gasteiger partial charge in [0.25, 0.3) is 0 Å². The molecule has 4 rings (SSSR count). The van der Waals surface area contributed by atoms with E-state index in [-0.39, 0.29) is 11.8 Å². The van der Waals surface area contributed by atoms with Crippen molar-refractivity contribution in [1.29, 1.82) is 0 Å². The van der Waals surface area contributed by atoms with E-state index in [1.54, 1.807) is 29.7 Å². The molecule has 0 radical (unpaired) electrons. The van der Waals surface area contributed by atoms with Crippen molar-refractivity contribution in [2.24, 2.45) is 0 Å². The smallest absolute Gasteiger partial charge is 0.326 e. The fraction of sp³-hybridized carbons (Fsp3) is 0.200. The largest absolute Gasteiger partial charge is 0.465 e. The Morgan fingerprint density at radius 2 is 2.12 bits per heavy atom. The van der Waals surface area contributed by atoms with Crippen LogP contribution in [0.4, 0.5) is 0 Å². The second-order valence-corrected chi connectivity index (χ2v) is 6.07. The van der Waals surface area contributed by atoms with Crippen LogP contribution in [0.25, 0.3) is 28.0 Å². The van der Waals surface area contributed by atoms with Crippen molar-refractivity contribution in [2.75, 3.05) is 6.61 Å². The summed E-state index contributed by atoms with van der Waals surface area (Å²) in [7, 11) is 0. The summed E-state index contributed by atoms with van der Waals surface area (Å²) in [6, 6.07) is 5.19. The third-order valence-electron chi connectivity index (χ3n) is 3.63. The minimum absolute atomic E-state index is 0.00396. The van der Waals surface area contributed by atoms with Gasteiger partial charge in [0.1, 0.15) is 12.1 Å². The molecule has 0 unspecified atom stereocenters. The SMILES string of the molecule is CCOC(=O)Cn1cnc2c(-n3nnc4cc(Cl)ccc43)nc(Cl)nc21. The highest BCUT2D eigenvalue weighted by Gasteiger charge is 2.18. The first kappa shape index (κ1) is 16.7. The quantitative estimate of drug-likeness (QED) is 0.388. The lowest BCUT2D eigenvalue weighted by Crippen LogP contribution is -2.13. The third kappa shape index (κ3) is 2.85. The fourth-order valence-electron chi connectivity index (χ4n) is 2.57. The number of carbonyl (C=O) groups is 1. The molecule has 9 nitrogen and oxygen atoms in total. The Kier molecular flexibility index (Phi) is 4.17. The van der Waals surface area contributed by atoms with E-state index < -0.39 is 5.97 Å². The number of fused-ring (bicyclic) bond motifs is 2. The highest BCUT2D eigenvalue weighted by Crippen LogP contribution is 2.24. The molecular formula is C15H11Cl2N7O2. The van der Waals surface area contributed by atoms with E-state index in [9.17, 15) is 4.79 Å². The molecule has 3 aromatic heterocycles. The minimum atomic E-state index is -0.399. The van der Waals surface area contributed by atoms with Gasteiger partial charge in [-0.2, -0.15) is 14.6 Å². The number of imidazole rings is 1. The summed E-state index contributed by atoms with van der Waals surface area (Å²) >= 11 is 12.1. The second kappa shape index (κ2) is 6.50. The van der Waals surface area contributed by atoms with Gasteiger partial charge < -0.3 is 9.30 Å². The molecule has 0 N–H and O–H groups in total. The van der Waals surface area contributed by atoms with Gasteiger partial charge in [0.05, 0.1) is 18.5 Å². The molecule has 26 heavy (non-hydrogen) atoms. The molecule has 132 valence electrons. The molecular weight excluding hydrogens is 381 g/mol. The average Bonchev–Trinajstić information content (AvgIpc) is 3.18. The van der Waals surface area contributed by atoms with E-state index in [1.165, 1.54) is 11.0 Å². The summed E-state index contributed by atoms with van der Waals surface area (Å²) < 4.78 is 8.01. The van der Waals surface area contributed by atoms with Crippen LogP contribution in [0.2, 0.25) is 10.3 Å². The molecule has 1 aromatic carbocycles. The molecule has 0 spiro atoms. The molecule has 3 heterocycles. The predicted molar refractivity (Wildman–Crippen MR) is 94.4 cm³/mol. The molecule has 0 fully saturated rings. The Labute approximate surface area is 156 Å². The number of halogens is 2. The zero-order chi connectivity index (χ0) is 18.3. The fourth-order valence-corrected chi connectivity index (χ4v) is 2.89. The van der Waals surface area contributed by atoms with Crippen LogP contribution in [0.1, 0.15) is 6.92 Å². The molecule has 0 aliphatic rings. The Bertz CT molecular complexity index is 1140.